The van der Waals surface area contributed by atoms with Crippen LogP contribution in [0.3, 0.4) is 0 Å². The molecule has 2 aliphatic heterocycles. The van der Waals surface area contributed by atoms with E-state index < -0.39 is 12.1 Å². The summed E-state index contributed by atoms with van der Waals surface area (Å²) in [6, 6.07) is 3.58. The van der Waals surface area contributed by atoms with Gasteiger partial charge in [0, 0.05) is 38.1 Å². The predicted molar refractivity (Wildman–Crippen MR) is 97.8 cm³/mol. The molecule has 1 aromatic rings. The average molecular weight is 373 g/mol. The molecular formula is C20H27N3O4. The highest BCUT2D eigenvalue weighted by Crippen LogP contribution is 2.40. The van der Waals surface area contributed by atoms with Crippen molar-refractivity contribution in [1.82, 2.24) is 14.8 Å². The first kappa shape index (κ1) is 18.4. The van der Waals surface area contributed by atoms with Crippen molar-refractivity contribution >= 4 is 11.8 Å². The van der Waals surface area contributed by atoms with Gasteiger partial charge in [0.05, 0.1) is 12.1 Å². The molecule has 0 aromatic carbocycles. The lowest BCUT2D eigenvalue weighted by molar-refractivity contribution is -0.171. The molecule has 3 heterocycles. The first-order chi connectivity index (χ1) is 13.2. The van der Waals surface area contributed by atoms with Crippen molar-refractivity contribution in [2.24, 2.45) is 0 Å². The number of hydrogen-bond donors (Lipinski definition) is 0. The summed E-state index contributed by atoms with van der Waals surface area (Å²) in [4.78, 5) is 33.8. The third-order valence-electron chi connectivity index (χ3n) is 5.63. The Bertz CT molecular complexity index is 671. The zero-order valence-electron chi connectivity index (χ0n) is 15.8. The fraction of sp³-hybridized carbons (Fsp3) is 0.650. The number of morpholine rings is 1. The lowest BCUT2D eigenvalue weighted by atomic mass is 9.96. The molecule has 1 aliphatic carbocycles. The second-order valence-electron chi connectivity index (χ2n) is 7.47. The van der Waals surface area contributed by atoms with Crippen LogP contribution in [0.1, 0.15) is 44.2 Å². The quantitative estimate of drug-likeness (QED) is 0.783. The Kier molecular flexibility index (Phi) is 5.41. The van der Waals surface area contributed by atoms with Crippen molar-refractivity contribution in [2.45, 2.75) is 56.9 Å². The van der Waals surface area contributed by atoms with Crippen LogP contribution in [0.2, 0.25) is 0 Å². The van der Waals surface area contributed by atoms with Crippen LogP contribution < -0.4 is 0 Å². The molecule has 0 unspecified atom stereocenters. The summed E-state index contributed by atoms with van der Waals surface area (Å²) in [5.41, 5.74) is 0.861. The predicted octanol–water partition coefficient (Wildman–Crippen LogP) is 1.54. The van der Waals surface area contributed by atoms with Gasteiger partial charge in [-0.1, -0.05) is 6.07 Å². The lowest BCUT2D eigenvalue weighted by Gasteiger charge is -2.43. The Labute approximate surface area is 159 Å². The number of nitrogens with zero attached hydrogens (tertiary/aromatic N) is 3. The largest absolute Gasteiger partial charge is 0.378 e. The summed E-state index contributed by atoms with van der Waals surface area (Å²) in [7, 11) is 0. The minimum atomic E-state index is -0.670. The number of piperidine rings is 1. The molecule has 1 aromatic heterocycles. The molecule has 2 amide bonds. The zero-order valence-corrected chi connectivity index (χ0v) is 15.8. The van der Waals surface area contributed by atoms with Crippen LogP contribution in [0.5, 0.6) is 0 Å². The number of hydrogen-bond acceptors (Lipinski definition) is 5. The van der Waals surface area contributed by atoms with Crippen LogP contribution in [0.25, 0.3) is 0 Å². The number of carbonyl (C=O) groups excluding carboxylic acids is 2. The molecule has 146 valence electrons. The third kappa shape index (κ3) is 3.84. The number of aromatic nitrogens is 1. The van der Waals surface area contributed by atoms with Crippen LogP contribution in [-0.2, 0) is 19.1 Å². The summed E-state index contributed by atoms with van der Waals surface area (Å²) in [6.45, 7) is 4.00. The standard InChI is InChI=1S/C20H27N3O4/c1-2-26-16-7-10-22(11-8-16)20(25)19-18(14-4-3-9-21-12-14)23(15-5-6-15)17(24)13-27-19/h3-4,9,12,15-16,18-19H,2,5-8,10-11,13H2,1H3/t18-,19+/m1/s1. The van der Waals surface area contributed by atoms with Gasteiger partial charge < -0.3 is 19.3 Å². The Balaban J connectivity index is 1.54. The fourth-order valence-electron chi connectivity index (χ4n) is 4.16. The second-order valence-corrected chi connectivity index (χ2v) is 7.47. The van der Waals surface area contributed by atoms with Crippen molar-refractivity contribution in [3.05, 3.63) is 30.1 Å². The highest BCUT2D eigenvalue weighted by Gasteiger charge is 2.48. The van der Waals surface area contributed by atoms with E-state index in [1.165, 1.54) is 0 Å². The van der Waals surface area contributed by atoms with Crippen LogP contribution in [0, 0.1) is 0 Å². The van der Waals surface area contributed by atoms with Gasteiger partial charge in [0.25, 0.3) is 5.91 Å². The summed E-state index contributed by atoms with van der Waals surface area (Å²) < 4.78 is 11.5. The van der Waals surface area contributed by atoms with Gasteiger partial charge in [-0.3, -0.25) is 14.6 Å². The van der Waals surface area contributed by atoms with Gasteiger partial charge in [0.15, 0.2) is 6.10 Å². The molecular weight excluding hydrogens is 346 g/mol. The molecule has 2 saturated heterocycles. The molecule has 0 spiro atoms. The van der Waals surface area contributed by atoms with E-state index in [0.29, 0.717) is 19.7 Å². The minimum absolute atomic E-state index is 0.0287. The average Bonchev–Trinajstić information content (AvgIpc) is 3.54. The maximum absolute atomic E-state index is 13.3. The van der Waals surface area contributed by atoms with Crippen LogP contribution in [0.15, 0.2) is 24.5 Å². The maximum Gasteiger partial charge on any atom is 0.254 e. The Morgan fingerprint density at radius 1 is 1.30 bits per heavy atom. The van der Waals surface area contributed by atoms with Gasteiger partial charge in [-0.15, -0.1) is 0 Å². The molecule has 2 atom stereocenters. The van der Waals surface area contributed by atoms with Gasteiger partial charge in [0.2, 0.25) is 5.91 Å². The van der Waals surface area contributed by atoms with Crippen LogP contribution in [-0.4, -0.2) is 71.2 Å². The van der Waals surface area contributed by atoms with E-state index >= 15 is 0 Å². The Hall–Kier alpha value is -1.99. The third-order valence-corrected chi connectivity index (χ3v) is 5.63. The van der Waals surface area contributed by atoms with Gasteiger partial charge >= 0.3 is 0 Å². The SMILES string of the molecule is CCOC1CCN(C(=O)[C@H]2OCC(=O)N(C3CC3)[C@@H]2c2cccnc2)CC1. The molecule has 3 fully saturated rings. The van der Waals surface area contributed by atoms with E-state index in [-0.39, 0.29) is 30.6 Å². The molecule has 7 nitrogen and oxygen atoms in total. The van der Waals surface area contributed by atoms with E-state index in [1.54, 1.807) is 12.4 Å². The first-order valence-corrected chi connectivity index (χ1v) is 9.92. The van der Waals surface area contributed by atoms with E-state index in [4.69, 9.17) is 9.47 Å². The monoisotopic (exact) mass is 373 g/mol. The number of rotatable bonds is 5. The number of carbonyl (C=O) groups is 2. The summed E-state index contributed by atoms with van der Waals surface area (Å²) in [6.07, 6.45) is 6.66. The second kappa shape index (κ2) is 7.94. The van der Waals surface area contributed by atoms with E-state index in [9.17, 15) is 9.59 Å². The van der Waals surface area contributed by atoms with Gasteiger partial charge in [-0.2, -0.15) is 0 Å². The molecule has 0 N–H and O–H groups in total. The maximum atomic E-state index is 13.3. The minimum Gasteiger partial charge on any atom is -0.378 e. The van der Waals surface area contributed by atoms with Crippen LogP contribution in [0.4, 0.5) is 0 Å². The summed E-state index contributed by atoms with van der Waals surface area (Å²) >= 11 is 0. The first-order valence-electron chi connectivity index (χ1n) is 9.92. The zero-order chi connectivity index (χ0) is 18.8. The van der Waals surface area contributed by atoms with Gasteiger partial charge in [-0.05, 0) is 44.2 Å². The Morgan fingerprint density at radius 3 is 2.70 bits per heavy atom. The van der Waals surface area contributed by atoms with Crippen molar-refractivity contribution < 1.29 is 19.1 Å². The number of ether oxygens (including phenoxy) is 2. The summed E-state index contributed by atoms with van der Waals surface area (Å²) in [5, 5.41) is 0. The smallest absolute Gasteiger partial charge is 0.254 e. The highest BCUT2D eigenvalue weighted by atomic mass is 16.5. The van der Waals surface area contributed by atoms with Crippen molar-refractivity contribution in [2.75, 3.05) is 26.3 Å². The lowest BCUT2D eigenvalue weighted by Crippen LogP contribution is -2.56. The van der Waals surface area contributed by atoms with E-state index in [0.717, 1.165) is 31.2 Å². The molecule has 3 aliphatic rings. The number of amides is 2. The van der Waals surface area contributed by atoms with E-state index in [1.807, 2.05) is 28.9 Å². The summed E-state index contributed by atoms with van der Waals surface area (Å²) in [5.74, 6) is -0.0672. The van der Waals surface area contributed by atoms with Gasteiger partial charge in [0.1, 0.15) is 6.61 Å². The topological polar surface area (TPSA) is 72.0 Å². The Morgan fingerprint density at radius 2 is 2.07 bits per heavy atom. The number of pyridine rings is 1. The van der Waals surface area contributed by atoms with Crippen molar-refractivity contribution in [3.8, 4) is 0 Å². The van der Waals surface area contributed by atoms with Gasteiger partial charge in [-0.25, -0.2) is 0 Å². The molecule has 4 rings (SSSR count). The molecule has 27 heavy (non-hydrogen) atoms. The molecule has 0 bridgehead atoms. The normalized spacial score (nSPS) is 27.1. The van der Waals surface area contributed by atoms with Crippen LogP contribution >= 0.6 is 0 Å². The van der Waals surface area contributed by atoms with Crippen molar-refractivity contribution in [1.29, 1.82) is 0 Å². The van der Waals surface area contributed by atoms with Crippen molar-refractivity contribution in [3.63, 3.8) is 0 Å². The highest BCUT2D eigenvalue weighted by molar-refractivity contribution is 5.87. The number of likely N-dealkylation sites (tertiary alicyclic amines) is 1. The molecule has 1 saturated carbocycles. The fourth-order valence-corrected chi connectivity index (χ4v) is 4.16. The molecule has 7 heteroatoms. The van der Waals surface area contributed by atoms with E-state index in [2.05, 4.69) is 4.98 Å². The molecule has 0 radical (unpaired) electrons.